The summed E-state index contributed by atoms with van der Waals surface area (Å²) >= 11 is 0. The first kappa shape index (κ1) is 21.6. The molecule has 40 heavy (non-hydrogen) atoms. The van der Waals surface area contributed by atoms with Crippen LogP contribution in [0.15, 0.2) is 140 Å². The highest BCUT2D eigenvalue weighted by Gasteiger charge is 2.21. The lowest BCUT2D eigenvalue weighted by molar-refractivity contribution is 0.487. The number of benzene rings is 7. The van der Waals surface area contributed by atoms with Crippen molar-refractivity contribution >= 4 is 43.4 Å². The second-order valence-corrected chi connectivity index (χ2v) is 10.5. The number of hydrogen-bond acceptors (Lipinski definition) is 1. The van der Waals surface area contributed by atoms with Crippen molar-refractivity contribution in [3.63, 3.8) is 0 Å². The van der Waals surface area contributed by atoms with E-state index in [-0.39, 0.29) is 0 Å². The standard InChI is InChI=1S/C38H23NO/c1-2-11-26(12-3-1)39-33-17-5-4-13-31(33)38-29-16-8-14-27(28(29)20-21-34(38)39)25-19-22-35-32(23-25)30-15-6-9-24-10-7-18-36(40-35)37(24)30/h1-23H. The second-order valence-electron chi connectivity index (χ2n) is 10.5. The van der Waals surface area contributed by atoms with Crippen molar-refractivity contribution in [2.75, 3.05) is 0 Å². The van der Waals surface area contributed by atoms with E-state index in [1.54, 1.807) is 0 Å². The van der Waals surface area contributed by atoms with E-state index in [2.05, 4.69) is 144 Å². The number of ether oxygens (including phenoxy) is 1. The maximum atomic E-state index is 6.38. The van der Waals surface area contributed by atoms with Gasteiger partial charge < -0.3 is 9.30 Å². The van der Waals surface area contributed by atoms with Crippen LogP contribution in [0.3, 0.4) is 0 Å². The number of nitrogens with zero attached hydrogens (tertiary/aromatic N) is 1. The van der Waals surface area contributed by atoms with E-state index in [9.17, 15) is 0 Å². The van der Waals surface area contributed by atoms with Crippen molar-refractivity contribution in [1.82, 2.24) is 4.57 Å². The van der Waals surface area contributed by atoms with E-state index in [0.29, 0.717) is 0 Å². The first-order chi connectivity index (χ1) is 19.8. The number of rotatable bonds is 2. The van der Waals surface area contributed by atoms with Gasteiger partial charge >= 0.3 is 0 Å². The van der Waals surface area contributed by atoms with Crippen LogP contribution in [0.1, 0.15) is 0 Å². The van der Waals surface area contributed by atoms with Gasteiger partial charge in [0.2, 0.25) is 0 Å². The lowest BCUT2D eigenvalue weighted by Gasteiger charge is -2.22. The Bertz CT molecular complexity index is 2290. The lowest BCUT2D eigenvalue weighted by Crippen LogP contribution is -1.97. The largest absolute Gasteiger partial charge is 0.456 e. The molecular formula is C38H23NO. The van der Waals surface area contributed by atoms with E-state index >= 15 is 0 Å². The van der Waals surface area contributed by atoms with Crippen LogP contribution in [0.4, 0.5) is 0 Å². The predicted molar refractivity (Wildman–Crippen MR) is 167 cm³/mol. The Morgan fingerprint density at radius 2 is 1.20 bits per heavy atom. The molecular weight excluding hydrogens is 486 g/mol. The third-order valence-electron chi connectivity index (χ3n) is 8.38. The SMILES string of the molecule is c1ccc(-n2c3ccccc3c3c4cccc(-c5ccc6c(c5)-c5cccc7cccc(c57)O6)c4ccc32)cc1. The third-order valence-corrected chi connectivity index (χ3v) is 8.38. The van der Waals surface area contributed by atoms with Crippen LogP contribution in [-0.4, -0.2) is 4.57 Å². The molecule has 0 atom stereocenters. The average molecular weight is 510 g/mol. The molecule has 0 unspecified atom stereocenters. The van der Waals surface area contributed by atoms with Gasteiger partial charge in [-0.15, -0.1) is 0 Å². The first-order valence-electron chi connectivity index (χ1n) is 13.7. The highest BCUT2D eigenvalue weighted by Crippen LogP contribution is 2.48. The molecule has 0 aliphatic carbocycles. The molecule has 0 bridgehead atoms. The van der Waals surface area contributed by atoms with Crippen LogP contribution >= 0.6 is 0 Å². The van der Waals surface area contributed by atoms with Gasteiger partial charge in [0.15, 0.2) is 0 Å². The van der Waals surface area contributed by atoms with Crippen molar-refractivity contribution in [1.29, 1.82) is 0 Å². The van der Waals surface area contributed by atoms with Crippen molar-refractivity contribution in [2.45, 2.75) is 0 Å². The Balaban J connectivity index is 1.31. The maximum Gasteiger partial charge on any atom is 0.135 e. The summed E-state index contributed by atoms with van der Waals surface area (Å²) < 4.78 is 8.76. The van der Waals surface area contributed by atoms with Crippen molar-refractivity contribution in [3.05, 3.63) is 140 Å². The molecule has 0 fully saturated rings. The topological polar surface area (TPSA) is 14.2 Å². The fourth-order valence-electron chi connectivity index (χ4n) is 6.66. The van der Waals surface area contributed by atoms with Crippen LogP contribution in [0.5, 0.6) is 11.5 Å². The van der Waals surface area contributed by atoms with Crippen LogP contribution < -0.4 is 4.74 Å². The molecule has 2 nitrogen and oxygen atoms in total. The molecule has 0 saturated heterocycles. The summed E-state index contributed by atoms with van der Waals surface area (Å²) in [5.74, 6) is 1.83. The molecule has 8 aromatic rings. The van der Waals surface area contributed by atoms with Crippen LogP contribution in [0, 0.1) is 0 Å². The van der Waals surface area contributed by atoms with Gasteiger partial charge in [0, 0.05) is 27.4 Å². The Morgan fingerprint density at radius 3 is 2.12 bits per heavy atom. The molecule has 2 heteroatoms. The molecule has 7 aromatic carbocycles. The molecule has 186 valence electrons. The Morgan fingerprint density at radius 1 is 0.425 bits per heavy atom. The zero-order valence-electron chi connectivity index (χ0n) is 21.6. The summed E-state index contributed by atoms with van der Waals surface area (Å²) in [5.41, 5.74) is 8.40. The summed E-state index contributed by atoms with van der Waals surface area (Å²) in [6.07, 6.45) is 0. The number of hydrogen-bond donors (Lipinski definition) is 0. The van der Waals surface area contributed by atoms with E-state index in [4.69, 9.17) is 4.74 Å². The van der Waals surface area contributed by atoms with Gasteiger partial charge in [0.25, 0.3) is 0 Å². The van der Waals surface area contributed by atoms with E-state index < -0.39 is 0 Å². The summed E-state index contributed by atoms with van der Waals surface area (Å²) in [5, 5.41) is 7.46. The van der Waals surface area contributed by atoms with Crippen molar-refractivity contribution in [2.24, 2.45) is 0 Å². The minimum atomic E-state index is 0.906. The van der Waals surface area contributed by atoms with Gasteiger partial charge in [-0.25, -0.2) is 0 Å². The molecule has 1 aliphatic heterocycles. The van der Waals surface area contributed by atoms with Crippen LogP contribution in [-0.2, 0) is 0 Å². The second kappa shape index (κ2) is 8.08. The van der Waals surface area contributed by atoms with E-state index in [0.717, 1.165) is 17.1 Å². The van der Waals surface area contributed by atoms with Gasteiger partial charge in [0.05, 0.1) is 11.0 Å². The zero-order chi connectivity index (χ0) is 26.2. The smallest absolute Gasteiger partial charge is 0.135 e. The summed E-state index contributed by atoms with van der Waals surface area (Å²) in [4.78, 5) is 0. The average Bonchev–Trinajstić information content (AvgIpc) is 3.36. The van der Waals surface area contributed by atoms with Crippen molar-refractivity contribution in [3.8, 4) is 39.4 Å². The fourth-order valence-corrected chi connectivity index (χ4v) is 6.66. The molecule has 1 aliphatic rings. The van der Waals surface area contributed by atoms with Crippen LogP contribution in [0.2, 0.25) is 0 Å². The number of fused-ring (bicyclic) bond motifs is 7. The zero-order valence-corrected chi connectivity index (χ0v) is 21.6. The minimum absolute atomic E-state index is 0.906. The monoisotopic (exact) mass is 509 g/mol. The Labute approximate surface area is 231 Å². The highest BCUT2D eigenvalue weighted by molar-refractivity contribution is 6.23. The molecule has 0 amide bonds. The molecule has 0 saturated carbocycles. The number of aromatic nitrogens is 1. The maximum absolute atomic E-state index is 6.38. The molecule has 0 spiro atoms. The first-order valence-corrected chi connectivity index (χ1v) is 13.7. The van der Waals surface area contributed by atoms with Gasteiger partial charge in [-0.2, -0.15) is 0 Å². The van der Waals surface area contributed by atoms with Gasteiger partial charge in [0.1, 0.15) is 11.5 Å². The molecule has 0 radical (unpaired) electrons. The fraction of sp³-hybridized carbons (Fsp3) is 0. The predicted octanol–water partition coefficient (Wildman–Crippen LogP) is 10.5. The Hall–Kier alpha value is -5.34. The molecule has 2 heterocycles. The van der Waals surface area contributed by atoms with Gasteiger partial charge in [-0.3, -0.25) is 0 Å². The minimum Gasteiger partial charge on any atom is -0.456 e. The van der Waals surface area contributed by atoms with E-state index in [1.807, 2.05) is 0 Å². The van der Waals surface area contributed by atoms with Gasteiger partial charge in [-0.05, 0) is 75.3 Å². The van der Waals surface area contributed by atoms with E-state index in [1.165, 1.54) is 65.7 Å². The summed E-state index contributed by atoms with van der Waals surface area (Å²) in [7, 11) is 0. The van der Waals surface area contributed by atoms with Crippen molar-refractivity contribution < 1.29 is 4.74 Å². The highest BCUT2D eigenvalue weighted by atomic mass is 16.5. The van der Waals surface area contributed by atoms with Gasteiger partial charge in [-0.1, -0.05) is 97.1 Å². The molecule has 1 aromatic heterocycles. The summed E-state index contributed by atoms with van der Waals surface area (Å²) in [6, 6.07) is 50.0. The number of para-hydroxylation sites is 2. The summed E-state index contributed by atoms with van der Waals surface area (Å²) in [6.45, 7) is 0. The quantitative estimate of drug-likeness (QED) is 0.226. The molecule has 0 N–H and O–H groups in total. The van der Waals surface area contributed by atoms with Crippen LogP contribution in [0.25, 0.3) is 71.3 Å². The lowest BCUT2D eigenvalue weighted by atomic mass is 9.90. The normalized spacial score (nSPS) is 12.2. The third kappa shape index (κ3) is 2.93. The molecule has 9 rings (SSSR count). The Kier molecular flexibility index (Phi) is 4.36.